The van der Waals surface area contributed by atoms with Crippen LogP contribution < -0.4 is 0 Å². The van der Waals surface area contributed by atoms with E-state index in [1.54, 1.807) is 17.1 Å². The molecule has 1 fully saturated rings. The van der Waals surface area contributed by atoms with Gasteiger partial charge in [0, 0.05) is 19.0 Å². The summed E-state index contributed by atoms with van der Waals surface area (Å²) in [6.45, 7) is 8.45. The highest BCUT2D eigenvalue weighted by Gasteiger charge is 2.28. The highest BCUT2D eigenvalue weighted by Crippen LogP contribution is 2.18. The molecule has 0 aliphatic carbocycles. The lowest BCUT2D eigenvalue weighted by atomic mass is 10.00. The molecule has 0 bridgehead atoms. The lowest BCUT2D eigenvalue weighted by Gasteiger charge is -2.21. The lowest BCUT2D eigenvalue weighted by Crippen LogP contribution is -2.34. The summed E-state index contributed by atoms with van der Waals surface area (Å²) >= 11 is 0. The first-order valence-electron chi connectivity index (χ1n) is 5.37. The number of hydrogen-bond donors (Lipinski definition) is 1. The molecule has 0 radical (unpaired) electrons. The number of carbonyl (C=O) groups is 1. The fraction of sp³-hybridized carbons (Fsp3) is 0.583. The highest BCUT2D eigenvalue weighted by molar-refractivity contribution is 5.79. The Morgan fingerprint density at radius 3 is 2.47 bits per heavy atom. The van der Waals surface area contributed by atoms with Gasteiger partial charge in [0.05, 0.1) is 6.10 Å². The molecule has 3 heteroatoms. The Balaban J connectivity index is 2.54. The SMILES string of the molecule is C=CCC(CC=C)C(=O)N1CC[C@@H](O)C1. The molecular weight excluding hydrogens is 190 g/mol. The summed E-state index contributed by atoms with van der Waals surface area (Å²) in [5, 5.41) is 9.36. The van der Waals surface area contributed by atoms with Gasteiger partial charge in [-0.3, -0.25) is 4.79 Å². The Morgan fingerprint density at radius 1 is 1.47 bits per heavy atom. The van der Waals surface area contributed by atoms with Gasteiger partial charge in [-0.1, -0.05) is 12.2 Å². The van der Waals surface area contributed by atoms with Crippen LogP contribution in [0.3, 0.4) is 0 Å². The molecule has 1 atom stereocenters. The van der Waals surface area contributed by atoms with Crippen LogP contribution in [0.4, 0.5) is 0 Å². The van der Waals surface area contributed by atoms with Crippen molar-refractivity contribution in [1.82, 2.24) is 4.90 Å². The number of β-amino-alcohol motifs (C(OH)–C–C–N with tert-alkyl or cyclic N) is 1. The van der Waals surface area contributed by atoms with Gasteiger partial charge in [-0.25, -0.2) is 0 Å². The van der Waals surface area contributed by atoms with Crippen molar-refractivity contribution in [3.8, 4) is 0 Å². The monoisotopic (exact) mass is 209 g/mol. The number of aliphatic hydroxyl groups excluding tert-OH is 1. The van der Waals surface area contributed by atoms with Crippen LogP contribution in [-0.4, -0.2) is 35.1 Å². The molecule has 0 unspecified atom stereocenters. The minimum absolute atomic E-state index is 0.0506. The molecule has 0 saturated carbocycles. The molecule has 1 saturated heterocycles. The molecule has 1 heterocycles. The summed E-state index contributed by atoms with van der Waals surface area (Å²) in [5.41, 5.74) is 0. The maximum Gasteiger partial charge on any atom is 0.226 e. The smallest absolute Gasteiger partial charge is 0.226 e. The fourth-order valence-electron chi connectivity index (χ4n) is 1.90. The highest BCUT2D eigenvalue weighted by atomic mass is 16.3. The van der Waals surface area contributed by atoms with Crippen LogP contribution >= 0.6 is 0 Å². The van der Waals surface area contributed by atoms with Gasteiger partial charge < -0.3 is 10.0 Å². The van der Waals surface area contributed by atoms with Crippen LogP contribution in [0, 0.1) is 5.92 Å². The molecule has 84 valence electrons. The summed E-state index contributed by atoms with van der Waals surface area (Å²) in [5.74, 6) is 0.0663. The predicted molar refractivity (Wildman–Crippen MR) is 60.3 cm³/mol. The number of nitrogens with zero attached hydrogens (tertiary/aromatic N) is 1. The molecule has 0 aromatic heterocycles. The van der Waals surface area contributed by atoms with Gasteiger partial charge in [0.2, 0.25) is 5.91 Å². The molecule has 1 aliphatic rings. The van der Waals surface area contributed by atoms with Crippen LogP contribution in [0.25, 0.3) is 0 Å². The van der Waals surface area contributed by atoms with Crippen molar-refractivity contribution < 1.29 is 9.90 Å². The largest absolute Gasteiger partial charge is 0.391 e. The van der Waals surface area contributed by atoms with Crippen molar-refractivity contribution in [2.45, 2.75) is 25.4 Å². The first kappa shape index (κ1) is 12.0. The van der Waals surface area contributed by atoms with Gasteiger partial charge >= 0.3 is 0 Å². The molecule has 0 aromatic rings. The van der Waals surface area contributed by atoms with Crippen molar-refractivity contribution >= 4 is 5.91 Å². The Labute approximate surface area is 91.1 Å². The van der Waals surface area contributed by atoms with E-state index in [4.69, 9.17) is 0 Å². The first-order valence-corrected chi connectivity index (χ1v) is 5.37. The Hall–Kier alpha value is -1.09. The Bertz CT molecular complexity index is 240. The molecule has 1 amide bonds. The Morgan fingerprint density at radius 2 is 2.07 bits per heavy atom. The minimum atomic E-state index is -0.345. The van der Waals surface area contributed by atoms with Gasteiger partial charge in [0.15, 0.2) is 0 Å². The van der Waals surface area contributed by atoms with Gasteiger partial charge in [0.25, 0.3) is 0 Å². The van der Waals surface area contributed by atoms with Crippen molar-refractivity contribution in [2.75, 3.05) is 13.1 Å². The third kappa shape index (κ3) is 3.20. The third-order valence-electron chi connectivity index (χ3n) is 2.73. The van der Waals surface area contributed by atoms with Crippen molar-refractivity contribution in [3.05, 3.63) is 25.3 Å². The van der Waals surface area contributed by atoms with Gasteiger partial charge in [0.1, 0.15) is 0 Å². The second kappa shape index (κ2) is 5.71. The van der Waals surface area contributed by atoms with E-state index in [-0.39, 0.29) is 17.9 Å². The second-order valence-electron chi connectivity index (χ2n) is 3.97. The maximum absolute atomic E-state index is 12.0. The Kier molecular flexibility index (Phi) is 4.56. The molecule has 1 aliphatic heterocycles. The summed E-state index contributed by atoms with van der Waals surface area (Å²) in [6, 6.07) is 0. The molecule has 3 nitrogen and oxygen atoms in total. The second-order valence-corrected chi connectivity index (χ2v) is 3.97. The van der Waals surface area contributed by atoms with Gasteiger partial charge in [-0.2, -0.15) is 0 Å². The first-order chi connectivity index (χ1) is 7.19. The number of likely N-dealkylation sites (tertiary alicyclic amines) is 1. The van der Waals surface area contributed by atoms with Crippen LogP contribution in [-0.2, 0) is 4.79 Å². The summed E-state index contributed by atoms with van der Waals surface area (Å²) in [7, 11) is 0. The van der Waals surface area contributed by atoms with E-state index in [9.17, 15) is 9.90 Å². The third-order valence-corrected chi connectivity index (χ3v) is 2.73. The number of amides is 1. The zero-order chi connectivity index (χ0) is 11.3. The van der Waals surface area contributed by atoms with Crippen molar-refractivity contribution in [3.63, 3.8) is 0 Å². The van der Waals surface area contributed by atoms with E-state index in [1.807, 2.05) is 0 Å². The number of rotatable bonds is 5. The van der Waals surface area contributed by atoms with E-state index >= 15 is 0 Å². The number of carbonyl (C=O) groups excluding carboxylic acids is 1. The molecule has 15 heavy (non-hydrogen) atoms. The molecule has 1 N–H and O–H groups in total. The van der Waals surface area contributed by atoms with Crippen molar-refractivity contribution in [1.29, 1.82) is 0 Å². The topological polar surface area (TPSA) is 40.5 Å². The van der Waals surface area contributed by atoms with Crippen LogP contribution in [0.1, 0.15) is 19.3 Å². The zero-order valence-electron chi connectivity index (χ0n) is 9.06. The maximum atomic E-state index is 12.0. The predicted octanol–water partition coefficient (Wildman–Crippen LogP) is 1.35. The van der Waals surface area contributed by atoms with Gasteiger partial charge in [-0.15, -0.1) is 13.2 Å². The van der Waals surface area contributed by atoms with E-state index in [2.05, 4.69) is 13.2 Å². The average Bonchev–Trinajstić information content (AvgIpc) is 2.63. The summed E-state index contributed by atoms with van der Waals surface area (Å²) in [6.07, 6.45) is 5.23. The molecule has 1 rings (SSSR count). The average molecular weight is 209 g/mol. The number of hydrogen-bond acceptors (Lipinski definition) is 2. The number of allylic oxidation sites excluding steroid dienone is 2. The van der Waals surface area contributed by atoms with E-state index in [1.165, 1.54) is 0 Å². The van der Waals surface area contributed by atoms with Crippen LogP contribution in [0.2, 0.25) is 0 Å². The molecule has 0 spiro atoms. The summed E-state index contributed by atoms with van der Waals surface area (Å²) in [4.78, 5) is 13.7. The van der Waals surface area contributed by atoms with E-state index in [0.29, 0.717) is 32.4 Å². The number of aliphatic hydroxyl groups is 1. The van der Waals surface area contributed by atoms with E-state index in [0.717, 1.165) is 0 Å². The molecular formula is C12H19NO2. The summed E-state index contributed by atoms with van der Waals surface area (Å²) < 4.78 is 0. The fourth-order valence-corrected chi connectivity index (χ4v) is 1.90. The van der Waals surface area contributed by atoms with Crippen molar-refractivity contribution in [2.24, 2.45) is 5.92 Å². The minimum Gasteiger partial charge on any atom is -0.391 e. The normalized spacial score (nSPS) is 20.7. The van der Waals surface area contributed by atoms with Gasteiger partial charge in [-0.05, 0) is 19.3 Å². The molecule has 0 aromatic carbocycles. The zero-order valence-corrected chi connectivity index (χ0v) is 9.06. The lowest BCUT2D eigenvalue weighted by molar-refractivity contribution is -0.134. The van der Waals surface area contributed by atoms with Crippen LogP contribution in [0.15, 0.2) is 25.3 Å². The standard InChI is InChI=1S/C12H19NO2/c1-3-5-10(6-4-2)12(15)13-8-7-11(14)9-13/h3-4,10-11,14H,1-2,5-9H2/t11-/m1/s1. The quantitative estimate of drug-likeness (QED) is 0.694. The van der Waals surface area contributed by atoms with E-state index < -0.39 is 0 Å². The van der Waals surface area contributed by atoms with Crippen LogP contribution in [0.5, 0.6) is 0 Å².